The van der Waals surface area contributed by atoms with E-state index in [0.717, 1.165) is 17.8 Å². The van der Waals surface area contributed by atoms with Crippen LogP contribution in [-0.4, -0.2) is 50.2 Å². The van der Waals surface area contributed by atoms with E-state index in [-0.39, 0.29) is 45.7 Å². The Bertz CT molecular complexity index is 664. The number of hydrogen-bond donors (Lipinski definition) is 0. The molecule has 0 aliphatic carbocycles. The van der Waals surface area contributed by atoms with Crippen molar-refractivity contribution in [1.82, 2.24) is 4.98 Å². The SMILES string of the molecule is CC(/C=C(/C)[O-])=NCCc1ccccn1.C[Si](C)(C)[N-][Si](C)(C)C.C[Si](C)(C)[N-][Si](C)(C)C.[Gd+3]. The van der Waals surface area contributed by atoms with Gasteiger partial charge in [0.15, 0.2) is 0 Å². The minimum absolute atomic E-state index is 0. The second-order valence-corrected chi connectivity index (χ2v) is 31.4. The Kier molecular flexibility index (Phi) is 20.5. The number of nitrogens with zero attached hydrogens (tertiary/aromatic N) is 4. The molecular weight excluding hydrogens is 630 g/mol. The van der Waals surface area contributed by atoms with Crippen LogP contribution in [0.3, 0.4) is 0 Å². The smallest absolute Gasteiger partial charge is 0.876 e. The number of pyridine rings is 1. The molecule has 0 aliphatic heterocycles. The predicted molar refractivity (Wildman–Crippen MR) is 160 cm³/mol. The van der Waals surface area contributed by atoms with Gasteiger partial charge in [-0.15, -0.1) is 5.76 Å². The van der Waals surface area contributed by atoms with Gasteiger partial charge in [0.2, 0.25) is 0 Å². The Balaban J connectivity index is -0.000000443. The molecule has 0 bridgehead atoms. The van der Waals surface area contributed by atoms with Crippen molar-refractivity contribution >= 4 is 38.7 Å². The molecule has 10 heteroatoms. The summed E-state index contributed by atoms with van der Waals surface area (Å²) >= 11 is 0. The van der Waals surface area contributed by atoms with Gasteiger partial charge in [-0.25, -0.2) is 0 Å². The maximum Gasteiger partial charge on any atom is 3.00 e. The molecule has 0 atom stereocenters. The minimum atomic E-state index is -1.11. The summed E-state index contributed by atoms with van der Waals surface area (Å²) in [7, 11) is -4.42. The van der Waals surface area contributed by atoms with Gasteiger partial charge in [0, 0.05) is 30.6 Å². The van der Waals surface area contributed by atoms with E-state index in [1.165, 1.54) is 6.92 Å². The van der Waals surface area contributed by atoms with Crippen LogP contribution in [0.4, 0.5) is 0 Å². The molecule has 197 valence electrons. The number of aliphatic imine (C=N–C) groups is 1. The molecular formula is C24H51GdN4OSi4. The van der Waals surface area contributed by atoms with Crippen molar-refractivity contribution in [3.63, 3.8) is 0 Å². The average molecular weight is 681 g/mol. The van der Waals surface area contributed by atoms with Gasteiger partial charge in [-0.1, -0.05) is 131 Å². The van der Waals surface area contributed by atoms with Crippen molar-refractivity contribution in [3.05, 3.63) is 51.2 Å². The Morgan fingerprint density at radius 3 is 1.50 bits per heavy atom. The molecule has 1 aromatic rings. The summed E-state index contributed by atoms with van der Waals surface area (Å²) < 4.78 is 9.64. The molecule has 0 saturated heterocycles. The molecule has 5 nitrogen and oxygen atoms in total. The van der Waals surface area contributed by atoms with Crippen molar-refractivity contribution in [2.45, 2.75) is 98.8 Å². The topological polar surface area (TPSA) is 76.5 Å². The van der Waals surface area contributed by atoms with E-state index in [1.807, 2.05) is 25.1 Å². The molecule has 0 fully saturated rings. The number of aromatic nitrogens is 1. The third kappa shape index (κ3) is 34.6. The standard InChI is InChI=1S/C12H16N2O.2C6H18NSi2.Gd/c1-10(9-11(2)15)13-8-6-12-5-3-4-7-14-12;2*1-8(2,3)7-9(4,5)6;/h3-5,7,9,15H,6,8H2,1-2H3;2*1-6H3;/q;2*-1;+3/p-1/b11-9-,13-10?;;;. The van der Waals surface area contributed by atoms with Crippen LogP contribution in [0.15, 0.2) is 41.2 Å². The van der Waals surface area contributed by atoms with Crippen molar-refractivity contribution in [3.8, 4) is 0 Å². The van der Waals surface area contributed by atoms with Crippen molar-refractivity contribution in [1.29, 1.82) is 0 Å². The maximum absolute atomic E-state index is 10.7. The first-order valence-corrected chi connectivity index (χ1v) is 25.6. The summed E-state index contributed by atoms with van der Waals surface area (Å²) in [6.45, 7) is 31.6. The molecule has 0 aliphatic rings. The molecule has 1 radical (unpaired) electrons. The fourth-order valence-electron chi connectivity index (χ4n) is 3.25. The molecule has 0 aromatic carbocycles. The van der Waals surface area contributed by atoms with Crippen molar-refractivity contribution in [2.24, 2.45) is 4.99 Å². The summed E-state index contributed by atoms with van der Waals surface area (Å²) in [5.74, 6) is 0.0362. The largest absolute Gasteiger partial charge is 3.00 e. The predicted octanol–water partition coefficient (Wildman–Crippen LogP) is 7.41. The van der Waals surface area contributed by atoms with Crippen LogP contribution < -0.4 is 5.11 Å². The van der Waals surface area contributed by atoms with E-state index >= 15 is 0 Å². The van der Waals surface area contributed by atoms with Gasteiger partial charge in [0.05, 0.1) is 0 Å². The first kappa shape index (κ1) is 39.0. The maximum atomic E-state index is 10.7. The van der Waals surface area contributed by atoms with E-state index < -0.39 is 32.9 Å². The Labute approximate surface area is 248 Å². The minimum Gasteiger partial charge on any atom is -0.876 e. The van der Waals surface area contributed by atoms with Gasteiger partial charge in [-0.05, 0) is 19.1 Å². The Morgan fingerprint density at radius 1 is 0.824 bits per heavy atom. The van der Waals surface area contributed by atoms with Gasteiger partial charge in [0.25, 0.3) is 0 Å². The van der Waals surface area contributed by atoms with E-state index in [0.29, 0.717) is 6.54 Å². The quantitative estimate of drug-likeness (QED) is 0.163. The Hall–Kier alpha value is 0.472. The van der Waals surface area contributed by atoms with Crippen LogP contribution >= 0.6 is 0 Å². The first-order valence-electron chi connectivity index (χ1n) is 11.8. The molecule has 1 rings (SSSR count). The number of allylic oxidation sites excluding steroid dienone is 2. The molecule has 34 heavy (non-hydrogen) atoms. The Morgan fingerprint density at radius 2 is 1.24 bits per heavy atom. The summed E-state index contributed by atoms with van der Waals surface area (Å²) in [4.78, 5) is 8.45. The molecule has 0 saturated carbocycles. The average Bonchev–Trinajstić information content (AvgIpc) is 2.49. The van der Waals surface area contributed by atoms with Crippen molar-refractivity contribution < 1.29 is 45.0 Å². The zero-order chi connectivity index (χ0) is 26.5. The molecule has 0 unspecified atom stereocenters. The second-order valence-electron chi connectivity index (χ2n) is 12.3. The van der Waals surface area contributed by atoms with E-state index in [9.17, 15) is 5.11 Å². The molecule has 1 aromatic heterocycles. The summed E-state index contributed by atoms with van der Waals surface area (Å²) in [5, 5.41) is 10.7. The zero-order valence-corrected chi connectivity index (χ0v) is 30.6. The second kappa shape index (κ2) is 17.8. The van der Waals surface area contributed by atoms with Crippen LogP contribution in [0.5, 0.6) is 0 Å². The van der Waals surface area contributed by atoms with E-state index in [4.69, 9.17) is 9.30 Å². The van der Waals surface area contributed by atoms with Crippen LogP contribution in [0.2, 0.25) is 78.6 Å². The van der Waals surface area contributed by atoms with E-state index in [1.54, 1.807) is 12.3 Å². The van der Waals surface area contributed by atoms with Gasteiger partial charge in [-0.3, -0.25) is 9.98 Å². The summed E-state index contributed by atoms with van der Waals surface area (Å²) in [5.41, 5.74) is 1.80. The molecule has 0 N–H and O–H groups in total. The van der Waals surface area contributed by atoms with Crippen LogP contribution in [-0.2, 0) is 6.42 Å². The van der Waals surface area contributed by atoms with Gasteiger partial charge in [0.1, 0.15) is 0 Å². The first-order chi connectivity index (χ1) is 14.6. The summed E-state index contributed by atoms with van der Waals surface area (Å²) in [6.07, 6.45) is 4.12. The fourth-order valence-corrected chi connectivity index (χ4v) is 19.3. The van der Waals surface area contributed by atoms with Gasteiger partial charge < -0.3 is 14.4 Å². The molecule has 0 spiro atoms. The van der Waals surface area contributed by atoms with Crippen LogP contribution in [0.25, 0.3) is 9.30 Å². The van der Waals surface area contributed by atoms with Crippen LogP contribution in [0, 0.1) is 39.9 Å². The molecule has 0 amide bonds. The zero-order valence-electron chi connectivity index (χ0n) is 24.4. The molecule has 1 heterocycles. The fraction of sp³-hybridized carbons (Fsp3) is 0.667. The van der Waals surface area contributed by atoms with Gasteiger partial charge >= 0.3 is 39.9 Å². The monoisotopic (exact) mass is 681 g/mol. The normalized spacial score (nSPS) is 13.1. The van der Waals surface area contributed by atoms with E-state index in [2.05, 4.69) is 88.5 Å². The number of hydrogen-bond acceptors (Lipinski definition) is 3. The third-order valence-corrected chi connectivity index (χ3v) is 13.9. The van der Waals surface area contributed by atoms with Gasteiger partial charge in [-0.2, -0.15) is 0 Å². The third-order valence-electron chi connectivity index (χ3n) is 3.21. The number of rotatable bonds is 8. The van der Waals surface area contributed by atoms with Crippen molar-refractivity contribution in [2.75, 3.05) is 6.54 Å². The summed E-state index contributed by atoms with van der Waals surface area (Å²) in [6, 6.07) is 5.82. The van der Waals surface area contributed by atoms with Crippen LogP contribution in [0.1, 0.15) is 19.5 Å².